The number of nitrogens with one attached hydrogen (secondary N) is 2. The molecule has 3 aromatic rings. The maximum absolute atomic E-state index is 12.2. The summed E-state index contributed by atoms with van der Waals surface area (Å²) in [5.74, 6) is -0.193. The van der Waals surface area contributed by atoms with Crippen LogP contribution in [0.1, 0.15) is 11.1 Å². The van der Waals surface area contributed by atoms with Gasteiger partial charge in [0, 0.05) is 11.1 Å². The number of carbonyl (C=O) groups is 1. The number of hydrogen-bond donors (Lipinski definition) is 2. The molecule has 0 aliphatic heterocycles. The molecule has 1 amide bonds. The predicted molar refractivity (Wildman–Crippen MR) is 103 cm³/mol. The average Bonchev–Trinajstić information content (AvgIpc) is 3.10. The van der Waals surface area contributed by atoms with E-state index in [1.54, 1.807) is 18.4 Å². The van der Waals surface area contributed by atoms with Gasteiger partial charge in [0.25, 0.3) is 5.56 Å². The van der Waals surface area contributed by atoms with E-state index in [0.717, 1.165) is 17.3 Å². The van der Waals surface area contributed by atoms with Gasteiger partial charge in [-0.1, -0.05) is 42.1 Å². The molecule has 6 nitrogen and oxygen atoms in total. The van der Waals surface area contributed by atoms with Gasteiger partial charge in [-0.3, -0.25) is 9.59 Å². The Hall–Kier alpha value is -2.89. The van der Waals surface area contributed by atoms with Crippen molar-refractivity contribution in [1.82, 2.24) is 9.97 Å². The number of thioether (sulfide) groups is 1. The Kier molecular flexibility index (Phi) is 5.51. The molecule has 2 aromatic heterocycles. The standard InChI is InChI=1S/C18H14N4O2S2/c1-11-15(12-5-3-2-4-6-12)21-18(22-16(11)24)26-10-14(23)20-17-13(9-19)7-8-25-17/h2-8H,10H2,1H3,(H,20,23)(H,21,22,24). The van der Waals surface area contributed by atoms with Crippen molar-refractivity contribution in [2.45, 2.75) is 12.1 Å². The van der Waals surface area contributed by atoms with Crippen LogP contribution < -0.4 is 10.9 Å². The SMILES string of the molecule is Cc1c(-c2ccccc2)nc(SCC(=O)Nc2sccc2C#N)[nH]c1=O. The number of nitriles is 1. The Balaban J connectivity index is 1.74. The molecular weight excluding hydrogens is 368 g/mol. The minimum absolute atomic E-state index is 0.0724. The first-order valence-corrected chi connectivity index (χ1v) is 9.51. The Bertz CT molecular complexity index is 1040. The maximum Gasteiger partial charge on any atom is 0.255 e. The van der Waals surface area contributed by atoms with Gasteiger partial charge in [-0.2, -0.15) is 5.26 Å². The maximum atomic E-state index is 12.2. The van der Waals surface area contributed by atoms with Gasteiger partial charge in [0.05, 0.1) is 17.0 Å². The lowest BCUT2D eigenvalue weighted by molar-refractivity contribution is -0.113. The second kappa shape index (κ2) is 7.99. The molecule has 3 rings (SSSR count). The molecule has 2 heterocycles. The van der Waals surface area contributed by atoms with Crippen molar-refractivity contribution in [3.05, 3.63) is 63.3 Å². The molecule has 0 atom stereocenters. The highest BCUT2D eigenvalue weighted by Gasteiger charge is 2.13. The van der Waals surface area contributed by atoms with Crippen molar-refractivity contribution in [3.63, 3.8) is 0 Å². The molecule has 0 spiro atoms. The molecule has 0 bridgehead atoms. The summed E-state index contributed by atoms with van der Waals surface area (Å²) in [5, 5.41) is 14.3. The second-order valence-corrected chi connectivity index (χ2v) is 7.20. The Morgan fingerprint density at radius 2 is 2.12 bits per heavy atom. The van der Waals surface area contributed by atoms with Crippen molar-refractivity contribution in [2.75, 3.05) is 11.1 Å². The minimum Gasteiger partial charge on any atom is -0.316 e. The summed E-state index contributed by atoms with van der Waals surface area (Å²) in [6.45, 7) is 1.72. The average molecular weight is 382 g/mol. The number of rotatable bonds is 5. The monoisotopic (exact) mass is 382 g/mol. The van der Waals surface area contributed by atoms with Crippen LogP contribution in [0.4, 0.5) is 5.00 Å². The predicted octanol–water partition coefficient (Wildman–Crippen LogP) is 3.41. The highest BCUT2D eigenvalue weighted by Crippen LogP contribution is 2.24. The lowest BCUT2D eigenvalue weighted by Gasteiger charge is -2.08. The van der Waals surface area contributed by atoms with E-state index in [1.807, 2.05) is 36.4 Å². The third-order valence-electron chi connectivity index (χ3n) is 3.56. The number of amides is 1. The highest BCUT2D eigenvalue weighted by molar-refractivity contribution is 7.99. The van der Waals surface area contributed by atoms with E-state index in [-0.39, 0.29) is 17.2 Å². The number of nitrogens with zero attached hydrogens (tertiary/aromatic N) is 2. The van der Waals surface area contributed by atoms with Crippen LogP contribution in [-0.4, -0.2) is 21.6 Å². The molecule has 130 valence electrons. The van der Waals surface area contributed by atoms with Gasteiger partial charge < -0.3 is 10.3 Å². The topological polar surface area (TPSA) is 98.6 Å². The number of hydrogen-bond acceptors (Lipinski definition) is 6. The smallest absolute Gasteiger partial charge is 0.255 e. The lowest BCUT2D eigenvalue weighted by atomic mass is 10.1. The molecular formula is C18H14N4O2S2. The zero-order valence-electron chi connectivity index (χ0n) is 13.8. The minimum atomic E-state index is -0.265. The van der Waals surface area contributed by atoms with Gasteiger partial charge >= 0.3 is 0 Å². The number of benzene rings is 1. The first-order chi connectivity index (χ1) is 12.6. The van der Waals surface area contributed by atoms with Crippen LogP contribution in [-0.2, 0) is 4.79 Å². The van der Waals surface area contributed by atoms with Crippen LogP contribution in [0, 0.1) is 18.3 Å². The number of aromatic nitrogens is 2. The van der Waals surface area contributed by atoms with E-state index in [0.29, 0.717) is 27.0 Å². The van der Waals surface area contributed by atoms with E-state index in [4.69, 9.17) is 5.26 Å². The van der Waals surface area contributed by atoms with Crippen molar-refractivity contribution >= 4 is 34.0 Å². The summed E-state index contributed by atoms with van der Waals surface area (Å²) in [6, 6.07) is 13.1. The van der Waals surface area contributed by atoms with E-state index in [1.165, 1.54) is 11.3 Å². The largest absolute Gasteiger partial charge is 0.316 e. The summed E-state index contributed by atoms with van der Waals surface area (Å²) in [4.78, 5) is 31.5. The third kappa shape index (κ3) is 4.02. The summed E-state index contributed by atoms with van der Waals surface area (Å²) < 4.78 is 0. The van der Waals surface area contributed by atoms with Gasteiger partial charge in [0.15, 0.2) is 5.16 Å². The molecule has 8 heteroatoms. The molecule has 0 aliphatic carbocycles. The van der Waals surface area contributed by atoms with Crippen molar-refractivity contribution in [3.8, 4) is 17.3 Å². The number of anilines is 1. The van der Waals surface area contributed by atoms with Crippen LogP contribution in [0.15, 0.2) is 51.7 Å². The Morgan fingerprint density at radius 3 is 2.85 bits per heavy atom. The van der Waals surface area contributed by atoms with E-state index in [2.05, 4.69) is 15.3 Å². The number of carbonyl (C=O) groups excluding carboxylic acids is 1. The number of H-pyrrole nitrogens is 1. The van der Waals surface area contributed by atoms with E-state index in [9.17, 15) is 9.59 Å². The third-order valence-corrected chi connectivity index (χ3v) is 5.26. The summed E-state index contributed by atoms with van der Waals surface area (Å²) >= 11 is 2.43. The van der Waals surface area contributed by atoms with Gasteiger partial charge in [-0.05, 0) is 18.4 Å². The van der Waals surface area contributed by atoms with Gasteiger partial charge in [-0.15, -0.1) is 11.3 Å². The number of thiophene rings is 1. The van der Waals surface area contributed by atoms with Gasteiger partial charge in [0.1, 0.15) is 11.1 Å². The molecule has 1 aromatic carbocycles. The van der Waals surface area contributed by atoms with Gasteiger partial charge in [-0.25, -0.2) is 4.98 Å². The van der Waals surface area contributed by atoms with Crippen molar-refractivity contribution < 1.29 is 4.79 Å². The zero-order chi connectivity index (χ0) is 18.5. The van der Waals surface area contributed by atoms with Crippen molar-refractivity contribution in [1.29, 1.82) is 5.26 Å². The van der Waals surface area contributed by atoms with Gasteiger partial charge in [0.2, 0.25) is 5.91 Å². The molecule has 0 aliphatic rings. The summed E-state index contributed by atoms with van der Waals surface area (Å²) in [5.41, 5.74) is 2.18. The second-order valence-electron chi connectivity index (χ2n) is 5.32. The first-order valence-electron chi connectivity index (χ1n) is 7.65. The number of aromatic amines is 1. The molecule has 0 saturated carbocycles. The van der Waals surface area contributed by atoms with Crippen LogP contribution in [0.5, 0.6) is 0 Å². The normalized spacial score (nSPS) is 10.3. The highest BCUT2D eigenvalue weighted by atomic mass is 32.2. The fourth-order valence-electron chi connectivity index (χ4n) is 2.25. The summed E-state index contributed by atoms with van der Waals surface area (Å²) in [7, 11) is 0. The Labute approximate surface area is 157 Å². The molecule has 0 saturated heterocycles. The summed E-state index contributed by atoms with van der Waals surface area (Å²) in [6.07, 6.45) is 0. The van der Waals surface area contributed by atoms with Crippen LogP contribution in [0.25, 0.3) is 11.3 Å². The quantitative estimate of drug-likeness (QED) is 0.520. The lowest BCUT2D eigenvalue weighted by Crippen LogP contribution is -2.17. The molecule has 0 fully saturated rings. The van der Waals surface area contributed by atoms with Crippen LogP contribution in [0.3, 0.4) is 0 Å². The molecule has 26 heavy (non-hydrogen) atoms. The Morgan fingerprint density at radius 1 is 1.35 bits per heavy atom. The first kappa shape index (κ1) is 17.9. The molecule has 0 unspecified atom stereocenters. The van der Waals surface area contributed by atoms with Crippen LogP contribution in [0.2, 0.25) is 0 Å². The van der Waals surface area contributed by atoms with E-state index < -0.39 is 0 Å². The molecule has 2 N–H and O–H groups in total. The van der Waals surface area contributed by atoms with Crippen LogP contribution >= 0.6 is 23.1 Å². The van der Waals surface area contributed by atoms with E-state index >= 15 is 0 Å². The zero-order valence-corrected chi connectivity index (χ0v) is 15.4. The fourth-order valence-corrected chi connectivity index (χ4v) is 3.66. The van der Waals surface area contributed by atoms with Crippen molar-refractivity contribution in [2.24, 2.45) is 0 Å². The fraction of sp³-hybridized carbons (Fsp3) is 0.111. The molecule has 0 radical (unpaired) electrons.